The van der Waals surface area contributed by atoms with Gasteiger partial charge in [0, 0.05) is 0 Å². The molecule has 2 heterocycles. The summed E-state index contributed by atoms with van der Waals surface area (Å²) in [5.41, 5.74) is 7.21. The van der Waals surface area contributed by atoms with E-state index in [0.717, 1.165) is 6.92 Å². The molecule has 1 saturated carbocycles. The Labute approximate surface area is 193 Å². The van der Waals surface area contributed by atoms with Gasteiger partial charge >= 0.3 is 18.4 Å². The third-order valence-electron chi connectivity index (χ3n) is 6.00. The smallest absolute Gasteiger partial charge is 0.364 e. The van der Waals surface area contributed by atoms with Crippen molar-refractivity contribution in [2.45, 2.75) is 69.4 Å². The number of carbonyl (C=O) groups is 1. The van der Waals surface area contributed by atoms with Gasteiger partial charge in [0.2, 0.25) is 0 Å². The number of fused-ring (bicyclic) bond motifs is 1. The van der Waals surface area contributed by atoms with Crippen LogP contribution in [-0.2, 0) is 4.74 Å². The van der Waals surface area contributed by atoms with Crippen LogP contribution in [0.2, 0.25) is 0 Å². The number of rotatable bonds is 7. The van der Waals surface area contributed by atoms with Crippen molar-refractivity contribution in [3.8, 4) is 0 Å². The van der Waals surface area contributed by atoms with Gasteiger partial charge in [-0.25, -0.2) is 9.78 Å². The Bertz CT molecular complexity index is 1140. The quantitative estimate of drug-likeness (QED) is 0.499. The van der Waals surface area contributed by atoms with Gasteiger partial charge in [0.25, 0.3) is 0 Å². The third-order valence-corrected chi connectivity index (χ3v) is 6.00. The van der Waals surface area contributed by atoms with Gasteiger partial charge in [0.05, 0.1) is 38.5 Å². The molecular formula is C21H25F6N5O2. The van der Waals surface area contributed by atoms with Crippen LogP contribution in [0.15, 0.2) is 18.2 Å². The summed E-state index contributed by atoms with van der Waals surface area (Å²) in [6.07, 6.45) is -11.4. The first kappa shape index (κ1) is 22.0. The molecule has 4 rings (SSSR count). The number of hydrogen-bond acceptors (Lipinski definition) is 4. The van der Waals surface area contributed by atoms with Crippen molar-refractivity contribution >= 4 is 17.1 Å². The van der Waals surface area contributed by atoms with Crippen LogP contribution in [0.3, 0.4) is 0 Å². The maximum atomic E-state index is 13.4. The van der Waals surface area contributed by atoms with Crippen molar-refractivity contribution in [2.75, 3.05) is 6.50 Å². The molecule has 188 valence electrons. The number of ether oxygens (including phenoxy) is 1. The molecule has 2 aromatic rings. The SMILES string of the molecule is [2H]C1([2H])C(C(F)(F)F)NC(=O)N1[C@@H](c1ccc2[nH]c([C@@H](N)[C@@H](C)O[C@@H](C)C(F)(F)F)nc2c1)C1CC1. The summed E-state index contributed by atoms with van der Waals surface area (Å²) < 4.78 is 99.9. The third kappa shape index (κ3) is 4.95. The zero-order valence-electron chi connectivity index (χ0n) is 20.2. The molecule has 2 aliphatic rings. The van der Waals surface area contributed by atoms with Crippen molar-refractivity contribution in [3.05, 3.63) is 29.6 Å². The summed E-state index contributed by atoms with van der Waals surface area (Å²) in [5.74, 6) is -0.105. The fraction of sp³-hybridized carbons (Fsp3) is 0.619. The number of aromatic amines is 1. The van der Waals surface area contributed by atoms with E-state index in [9.17, 15) is 31.1 Å². The lowest BCUT2D eigenvalue weighted by Crippen LogP contribution is -2.40. The second-order valence-corrected chi connectivity index (χ2v) is 8.65. The average molecular weight is 495 g/mol. The number of aromatic nitrogens is 2. The first-order valence-electron chi connectivity index (χ1n) is 11.7. The predicted molar refractivity (Wildman–Crippen MR) is 110 cm³/mol. The fourth-order valence-corrected chi connectivity index (χ4v) is 3.92. The Morgan fingerprint density at radius 2 is 1.91 bits per heavy atom. The normalized spacial score (nSPS) is 25.5. The van der Waals surface area contributed by atoms with Crippen LogP contribution in [0, 0.1) is 5.92 Å². The van der Waals surface area contributed by atoms with Crippen molar-refractivity contribution in [1.82, 2.24) is 20.2 Å². The molecule has 0 spiro atoms. The second-order valence-electron chi connectivity index (χ2n) is 8.65. The van der Waals surface area contributed by atoms with Gasteiger partial charge in [-0.3, -0.25) is 0 Å². The standard InChI is InChI=1S/C21H25F6N5O2/c1-9(34-10(2)20(22,23)24)16(28)18-29-13-6-5-12(7-14(13)30-18)17(11-3-4-11)32-8-15(21(25,26)27)31-19(32)33/h5-7,9-11,15-17H,3-4,8,28H2,1-2H3,(H,29,30)(H,31,33)/t9-,10+,15?,16+,17-/m1/s1/i8D2. The van der Waals surface area contributed by atoms with Crippen LogP contribution in [0.25, 0.3) is 11.0 Å². The van der Waals surface area contributed by atoms with Gasteiger partial charge in [-0.2, -0.15) is 26.3 Å². The van der Waals surface area contributed by atoms with Crippen LogP contribution in [0.1, 0.15) is 52.9 Å². The number of benzene rings is 1. The fourth-order valence-electron chi connectivity index (χ4n) is 3.92. The number of carbonyl (C=O) groups excluding carboxylic acids is 1. The van der Waals surface area contributed by atoms with Crippen LogP contribution in [0.5, 0.6) is 0 Å². The maximum absolute atomic E-state index is 13.4. The molecule has 1 saturated heterocycles. The lowest BCUT2D eigenvalue weighted by atomic mass is 10.00. The molecule has 0 bridgehead atoms. The molecule has 1 aromatic heterocycles. The first-order chi connectivity index (χ1) is 16.5. The van der Waals surface area contributed by atoms with E-state index in [1.165, 1.54) is 13.0 Å². The second kappa shape index (κ2) is 8.59. The Hall–Kier alpha value is -2.54. The highest BCUT2D eigenvalue weighted by Crippen LogP contribution is 2.46. The molecule has 4 N–H and O–H groups in total. The van der Waals surface area contributed by atoms with Gasteiger partial charge in [-0.1, -0.05) is 6.07 Å². The topological polar surface area (TPSA) is 96.3 Å². The predicted octanol–water partition coefficient (Wildman–Crippen LogP) is 4.33. The van der Waals surface area contributed by atoms with Crippen molar-refractivity contribution < 1.29 is 38.6 Å². The monoisotopic (exact) mass is 495 g/mol. The number of hydrogen-bond donors (Lipinski definition) is 3. The number of amides is 2. The van der Waals surface area contributed by atoms with E-state index in [2.05, 4.69) is 9.97 Å². The lowest BCUT2D eigenvalue weighted by Gasteiger charge is -2.27. The average Bonchev–Trinajstić information content (AvgIpc) is 3.44. The molecule has 2 amide bonds. The molecule has 34 heavy (non-hydrogen) atoms. The van der Waals surface area contributed by atoms with Crippen molar-refractivity contribution in [3.63, 3.8) is 0 Å². The zero-order valence-corrected chi connectivity index (χ0v) is 18.2. The Balaban J connectivity index is 1.62. The number of halogens is 6. The molecule has 7 nitrogen and oxygen atoms in total. The number of nitrogens with one attached hydrogen (secondary N) is 2. The number of nitrogens with two attached hydrogens (primary N) is 1. The number of nitrogens with zero attached hydrogens (tertiary/aromatic N) is 2. The molecule has 0 radical (unpaired) electrons. The summed E-state index contributed by atoms with van der Waals surface area (Å²) in [6, 6.07) is -1.24. The number of imidazole rings is 1. The van der Waals surface area contributed by atoms with E-state index < -0.39 is 55.2 Å². The van der Waals surface area contributed by atoms with Crippen LogP contribution < -0.4 is 11.1 Å². The highest BCUT2D eigenvalue weighted by molar-refractivity contribution is 5.79. The van der Waals surface area contributed by atoms with Gasteiger partial charge in [-0.05, 0) is 50.3 Å². The highest BCUT2D eigenvalue weighted by atomic mass is 19.4. The minimum atomic E-state index is -4.98. The molecule has 2 fully saturated rings. The summed E-state index contributed by atoms with van der Waals surface area (Å²) in [7, 11) is 0. The van der Waals surface area contributed by atoms with Crippen molar-refractivity contribution in [2.24, 2.45) is 11.7 Å². The molecular weight excluding hydrogens is 468 g/mol. The minimum Gasteiger partial charge on any atom is -0.364 e. The molecule has 5 atom stereocenters. The molecule has 13 heteroatoms. The van der Waals surface area contributed by atoms with Gasteiger partial charge in [0.15, 0.2) is 6.10 Å². The first-order valence-corrected chi connectivity index (χ1v) is 10.7. The van der Waals surface area contributed by atoms with Crippen molar-refractivity contribution in [1.29, 1.82) is 0 Å². The van der Waals surface area contributed by atoms with Gasteiger partial charge in [-0.15, -0.1) is 0 Å². The summed E-state index contributed by atoms with van der Waals surface area (Å²) in [6.45, 7) is -0.791. The molecule has 1 aromatic carbocycles. The summed E-state index contributed by atoms with van der Waals surface area (Å²) in [4.78, 5) is 20.4. The van der Waals surface area contributed by atoms with Gasteiger partial charge in [0.1, 0.15) is 11.9 Å². The van der Waals surface area contributed by atoms with Gasteiger partial charge < -0.3 is 25.7 Å². The molecule has 1 aliphatic carbocycles. The lowest BCUT2D eigenvalue weighted by molar-refractivity contribution is -0.227. The number of alkyl halides is 6. The largest absolute Gasteiger partial charge is 0.414 e. The maximum Gasteiger partial charge on any atom is 0.414 e. The summed E-state index contributed by atoms with van der Waals surface area (Å²) >= 11 is 0. The van der Waals surface area contributed by atoms with Crippen LogP contribution >= 0.6 is 0 Å². The van der Waals surface area contributed by atoms with E-state index in [0.29, 0.717) is 34.3 Å². The van der Waals surface area contributed by atoms with E-state index in [1.54, 1.807) is 17.4 Å². The molecule has 1 unspecified atom stereocenters. The number of urea groups is 1. The molecule has 1 aliphatic heterocycles. The van der Waals surface area contributed by atoms with E-state index in [4.69, 9.17) is 13.2 Å². The Morgan fingerprint density at radius 1 is 1.24 bits per heavy atom. The number of H-pyrrole nitrogens is 1. The van der Waals surface area contributed by atoms with E-state index >= 15 is 0 Å². The van der Waals surface area contributed by atoms with Crippen LogP contribution in [0.4, 0.5) is 31.1 Å². The minimum absolute atomic E-state index is 0.137. The summed E-state index contributed by atoms with van der Waals surface area (Å²) in [5, 5.41) is 1.72. The Morgan fingerprint density at radius 3 is 2.47 bits per heavy atom. The van der Waals surface area contributed by atoms with E-state index in [-0.39, 0.29) is 11.7 Å². The zero-order chi connectivity index (χ0) is 26.8. The highest BCUT2D eigenvalue weighted by Gasteiger charge is 2.50. The van der Waals surface area contributed by atoms with E-state index in [1.807, 2.05) is 0 Å². The Kier molecular flexibility index (Phi) is 5.55. The van der Waals surface area contributed by atoms with Crippen LogP contribution in [-0.4, -0.2) is 58.0 Å².